The van der Waals surface area contributed by atoms with E-state index in [1.165, 1.54) is 0 Å². The molecular weight excluding hydrogens is 208 g/mol. The van der Waals surface area contributed by atoms with Crippen LogP contribution in [0.1, 0.15) is 20.3 Å². The van der Waals surface area contributed by atoms with Crippen molar-refractivity contribution in [2.75, 3.05) is 19.6 Å². The molecule has 0 aromatic heterocycles. The molecule has 0 aliphatic carbocycles. The lowest BCUT2D eigenvalue weighted by atomic mass is 9.97. The fourth-order valence-electron chi connectivity index (χ4n) is 1.94. The highest BCUT2D eigenvalue weighted by Gasteiger charge is 2.29. The Labute approximate surface area is 95.6 Å². The van der Waals surface area contributed by atoms with Gasteiger partial charge in [0.2, 0.25) is 5.91 Å². The summed E-state index contributed by atoms with van der Waals surface area (Å²) in [7, 11) is 0. The first-order valence-corrected chi connectivity index (χ1v) is 5.71. The molecule has 1 unspecified atom stereocenters. The van der Waals surface area contributed by atoms with Gasteiger partial charge in [0.25, 0.3) is 0 Å². The lowest BCUT2D eigenvalue weighted by Crippen LogP contribution is -2.37. The Balaban J connectivity index is 2.26. The maximum atomic E-state index is 11.7. The van der Waals surface area contributed by atoms with E-state index in [-0.39, 0.29) is 24.2 Å². The van der Waals surface area contributed by atoms with E-state index in [0.29, 0.717) is 12.5 Å². The summed E-state index contributed by atoms with van der Waals surface area (Å²) < 4.78 is 0. The van der Waals surface area contributed by atoms with Gasteiger partial charge in [-0.2, -0.15) is 0 Å². The van der Waals surface area contributed by atoms with Crippen LogP contribution < -0.4 is 10.6 Å². The number of hydrogen-bond donors (Lipinski definition) is 3. The van der Waals surface area contributed by atoms with Gasteiger partial charge in [-0.1, -0.05) is 13.8 Å². The van der Waals surface area contributed by atoms with Gasteiger partial charge >= 0.3 is 5.97 Å². The van der Waals surface area contributed by atoms with Crippen LogP contribution in [-0.2, 0) is 9.59 Å². The predicted molar refractivity (Wildman–Crippen MR) is 60.0 cm³/mol. The topological polar surface area (TPSA) is 78.4 Å². The molecule has 1 heterocycles. The number of hydrogen-bond acceptors (Lipinski definition) is 3. The first kappa shape index (κ1) is 13.0. The second-order valence-electron chi connectivity index (χ2n) is 4.69. The van der Waals surface area contributed by atoms with Crippen molar-refractivity contribution >= 4 is 11.9 Å². The maximum Gasteiger partial charge on any atom is 0.303 e. The second-order valence-corrected chi connectivity index (χ2v) is 4.69. The predicted octanol–water partition coefficient (Wildman–Crippen LogP) is 0.0689. The van der Waals surface area contributed by atoms with Crippen molar-refractivity contribution in [1.29, 1.82) is 0 Å². The smallest absolute Gasteiger partial charge is 0.303 e. The molecule has 0 spiro atoms. The van der Waals surface area contributed by atoms with E-state index >= 15 is 0 Å². The molecule has 1 amide bonds. The fraction of sp³-hybridized carbons (Fsp3) is 0.818. The van der Waals surface area contributed by atoms with Crippen molar-refractivity contribution < 1.29 is 14.7 Å². The Kier molecular flexibility index (Phi) is 4.73. The molecule has 5 nitrogen and oxygen atoms in total. The van der Waals surface area contributed by atoms with Crippen LogP contribution in [0.15, 0.2) is 0 Å². The summed E-state index contributed by atoms with van der Waals surface area (Å²) in [4.78, 5) is 22.2. The van der Waals surface area contributed by atoms with Crippen LogP contribution in [0.3, 0.4) is 0 Å². The number of nitrogens with one attached hydrogen (secondary N) is 2. The molecule has 1 saturated heterocycles. The van der Waals surface area contributed by atoms with Crippen molar-refractivity contribution in [2.45, 2.75) is 20.3 Å². The summed E-state index contributed by atoms with van der Waals surface area (Å²) in [6.45, 7) is 5.91. The highest BCUT2D eigenvalue weighted by atomic mass is 16.4. The van der Waals surface area contributed by atoms with Gasteiger partial charge in [0, 0.05) is 19.5 Å². The number of carbonyl (C=O) groups is 2. The molecule has 0 aromatic carbocycles. The van der Waals surface area contributed by atoms with Crippen LogP contribution in [0, 0.1) is 17.8 Å². The fourth-order valence-corrected chi connectivity index (χ4v) is 1.94. The van der Waals surface area contributed by atoms with E-state index in [9.17, 15) is 9.59 Å². The maximum absolute atomic E-state index is 11.7. The number of aliphatic carboxylic acids is 1. The van der Waals surface area contributed by atoms with E-state index in [1.807, 2.05) is 13.8 Å². The van der Waals surface area contributed by atoms with Crippen LogP contribution in [0.2, 0.25) is 0 Å². The van der Waals surface area contributed by atoms with Crippen molar-refractivity contribution in [2.24, 2.45) is 17.8 Å². The Morgan fingerprint density at radius 1 is 1.50 bits per heavy atom. The summed E-state index contributed by atoms with van der Waals surface area (Å²) in [5.74, 6) is -0.426. The summed E-state index contributed by atoms with van der Waals surface area (Å²) in [5, 5.41) is 14.6. The summed E-state index contributed by atoms with van der Waals surface area (Å²) in [6.07, 6.45) is 0.0960. The molecule has 1 fully saturated rings. The number of carboxylic acid groups (broad SMARTS) is 1. The highest BCUT2D eigenvalue weighted by molar-refractivity contribution is 5.79. The summed E-state index contributed by atoms with van der Waals surface area (Å²) in [6, 6.07) is 0. The molecule has 0 bridgehead atoms. The van der Waals surface area contributed by atoms with E-state index in [2.05, 4.69) is 10.6 Å². The minimum Gasteiger partial charge on any atom is -0.481 e. The van der Waals surface area contributed by atoms with Crippen LogP contribution in [0.4, 0.5) is 0 Å². The van der Waals surface area contributed by atoms with Crippen LogP contribution in [0.25, 0.3) is 0 Å². The molecule has 92 valence electrons. The Morgan fingerprint density at radius 3 is 2.69 bits per heavy atom. The molecule has 0 aromatic rings. The monoisotopic (exact) mass is 228 g/mol. The Morgan fingerprint density at radius 2 is 2.19 bits per heavy atom. The minimum absolute atomic E-state index is 0.0221. The third kappa shape index (κ3) is 3.81. The van der Waals surface area contributed by atoms with E-state index in [0.717, 1.165) is 13.1 Å². The normalized spacial score (nSPS) is 26.4. The Bertz CT molecular complexity index is 268. The molecule has 16 heavy (non-hydrogen) atoms. The SMILES string of the molecule is CC(CNC(=O)[C@@H]1CNC[C@H]1C)CC(=O)O. The van der Waals surface area contributed by atoms with Crippen LogP contribution in [0.5, 0.6) is 0 Å². The third-order valence-corrected chi connectivity index (χ3v) is 3.00. The number of rotatable bonds is 5. The van der Waals surface area contributed by atoms with Crippen LogP contribution >= 0.6 is 0 Å². The molecule has 5 heteroatoms. The lowest BCUT2D eigenvalue weighted by Gasteiger charge is -2.16. The molecule has 0 saturated carbocycles. The van der Waals surface area contributed by atoms with Gasteiger partial charge in [-0.3, -0.25) is 9.59 Å². The van der Waals surface area contributed by atoms with E-state index in [1.54, 1.807) is 0 Å². The molecule has 1 aliphatic rings. The minimum atomic E-state index is -0.822. The van der Waals surface area contributed by atoms with Gasteiger partial charge < -0.3 is 15.7 Å². The van der Waals surface area contributed by atoms with Crippen molar-refractivity contribution in [3.8, 4) is 0 Å². The number of amides is 1. The number of carboxylic acids is 1. The standard InChI is InChI=1S/C11H20N2O3/c1-7(3-10(14)15)4-13-11(16)9-6-12-5-8(9)2/h7-9,12H,3-6H2,1-2H3,(H,13,16)(H,14,15)/t7?,8-,9-/m1/s1. The van der Waals surface area contributed by atoms with Crippen molar-refractivity contribution in [1.82, 2.24) is 10.6 Å². The largest absolute Gasteiger partial charge is 0.481 e. The van der Waals surface area contributed by atoms with Crippen molar-refractivity contribution in [3.63, 3.8) is 0 Å². The average molecular weight is 228 g/mol. The zero-order chi connectivity index (χ0) is 12.1. The zero-order valence-corrected chi connectivity index (χ0v) is 9.82. The van der Waals surface area contributed by atoms with Gasteiger partial charge in [-0.05, 0) is 18.4 Å². The number of carbonyl (C=O) groups excluding carboxylic acids is 1. The summed E-state index contributed by atoms with van der Waals surface area (Å²) in [5.41, 5.74) is 0. The molecule has 3 atom stereocenters. The summed E-state index contributed by atoms with van der Waals surface area (Å²) >= 11 is 0. The third-order valence-electron chi connectivity index (χ3n) is 3.00. The highest BCUT2D eigenvalue weighted by Crippen LogP contribution is 2.15. The van der Waals surface area contributed by atoms with Gasteiger partial charge in [0.15, 0.2) is 0 Å². The quantitative estimate of drug-likeness (QED) is 0.622. The van der Waals surface area contributed by atoms with Crippen molar-refractivity contribution in [3.05, 3.63) is 0 Å². The molecule has 1 rings (SSSR count). The average Bonchev–Trinajstić information content (AvgIpc) is 2.60. The van der Waals surface area contributed by atoms with Gasteiger partial charge in [-0.25, -0.2) is 0 Å². The second kappa shape index (κ2) is 5.84. The molecule has 0 radical (unpaired) electrons. The van der Waals surface area contributed by atoms with Gasteiger partial charge in [0.1, 0.15) is 0 Å². The lowest BCUT2D eigenvalue weighted by molar-refractivity contribution is -0.138. The molecular formula is C11H20N2O3. The van der Waals surface area contributed by atoms with E-state index < -0.39 is 5.97 Å². The van der Waals surface area contributed by atoms with Crippen LogP contribution in [-0.4, -0.2) is 36.6 Å². The van der Waals surface area contributed by atoms with E-state index in [4.69, 9.17) is 5.11 Å². The molecule has 3 N–H and O–H groups in total. The first-order chi connectivity index (χ1) is 7.50. The Hall–Kier alpha value is -1.10. The van der Waals surface area contributed by atoms with Gasteiger partial charge in [0.05, 0.1) is 5.92 Å². The zero-order valence-electron chi connectivity index (χ0n) is 9.82. The molecule has 1 aliphatic heterocycles. The van der Waals surface area contributed by atoms with Gasteiger partial charge in [-0.15, -0.1) is 0 Å². The first-order valence-electron chi connectivity index (χ1n) is 5.71.